The highest BCUT2D eigenvalue weighted by atomic mass is 35.5. The van der Waals surface area contributed by atoms with Crippen molar-refractivity contribution in [3.63, 3.8) is 0 Å². The molecule has 0 amide bonds. The highest BCUT2D eigenvalue weighted by Crippen LogP contribution is 2.44. The second-order valence-electron chi connectivity index (χ2n) is 6.13. The van der Waals surface area contributed by atoms with E-state index in [1.807, 2.05) is 0 Å². The maximum Gasteiger partial charge on any atom is 0.164 e. The summed E-state index contributed by atoms with van der Waals surface area (Å²) in [5.74, 6) is -2.67. The minimum atomic E-state index is -1.85. The van der Waals surface area contributed by atoms with Crippen molar-refractivity contribution < 1.29 is 22.1 Å². The van der Waals surface area contributed by atoms with Crippen molar-refractivity contribution >= 4 is 22.6 Å². The molecule has 1 saturated heterocycles. The Labute approximate surface area is 134 Å². The van der Waals surface area contributed by atoms with E-state index < -0.39 is 39.0 Å². The summed E-state index contributed by atoms with van der Waals surface area (Å²) in [4.78, 5) is 0. The minimum absolute atomic E-state index is 0.0199. The van der Waals surface area contributed by atoms with E-state index in [0.29, 0.717) is 0 Å². The molecule has 0 aliphatic carbocycles. The molecule has 22 heavy (non-hydrogen) atoms. The van der Waals surface area contributed by atoms with Crippen molar-refractivity contribution in [1.29, 1.82) is 0 Å². The van der Waals surface area contributed by atoms with Gasteiger partial charge in [-0.05, 0) is 38.0 Å². The molecule has 1 fully saturated rings. The first-order valence-electron chi connectivity index (χ1n) is 6.64. The van der Waals surface area contributed by atoms with Gasteiger partial charge >= 0.3 is 0 Å². The van der Waals surface area contributed by atoms with Crippen molar-refractivity contribution in [2.75, 3.05) is 13.2 Å². The van der Waals surface area contributed by atoms with Gasteiger partial charge in [0.15, 0.2) is 5.67 Å². The molecule has 3 nitrogen and oxygen atoms in total. The van der Waals surface area contributed by atoms with E-state index in [4.69, 9.17) is 21.5 Å². The Morgan fingerprint density at radius 3 is 2.45 bits per heavy atom. The molecular weight excluding hydrogens is 339 g/mol. The summed E-state index contributed by atoms with van der Waals surface area (Å²) in [5, 5.41) is 5.05. The minimum Gasteiger partial charge on any atom is -0.375 e. The predicted molar refractivity (Wildman–Crippen MR) is 79.8 cm³/mol. The van der Waals surface area contributed by atoms with Gasteiger partial charge in [-0.15, -0.1) is 0 Å². The zero-order valence-electron chi connectivity index (χ0n) is 12.2. The van der Waals surface area contributed by atoms with Crippen LogP contribution in [0.25, 0.3) is 0 Å². The summed E-state index contributed by atoms with van der Waals surface area (Å²) in [6.45, 7) is 2.72. The second kappa shape index (κ2) is 6.11. The molecule has 0 spiro atoms. The third-order valence-corrected chi connectivity index (χ3v) is 5.51. The fourth-order valence-electron chi connectivity index (χ4n) is 2.45. The van der Waals surface area contributed by atoms with Crippen LogP contribution in [0, 0.1) is 11.6 Å². The van der Waals surface area contributed by atoms with Crippen molar-refractivity contribution in [2.45, 2.75) is 36.6 Å². The summed E-state index contributed by atoms with van der Waals surface area (Å²) in [5.41, 5.74) is -2.00. The molecular formula is C14H17ClF3NO2S. The highest BCUT2D eigenvalue weighted by Gasteiger charge is 2.50. The average Bonchev–Trinajstić information content (AvgIpc) is 2.37. The van der Waals surface area contributed by atoms with Gasteiger partial charge in [0.2, 0.25) is 0 Å². The number of alkyl halides is 1. The Morgan fingerprint density at radius 1 is 1.41 bits per heavy atom. The topological polar surface area (TPSA) is 52.3 Å². The Hall–Kier alpha value is -0.630. The fourth-order valence-corrected chi connectivity index (χ4v) is 2.93. The number of rotatable bonds is 5. The lowest BCUT2D eigenvalue weighted by atomic mass is 9.76. The Morgan fingerprint density at radius 2 is 2.00 bits per heavy atom. The second-order valence-corrected chi connectivity index (χ2v) is 8.24. The zero-order valence-corrected chi connectivity index (χ0v) is 13.7. The largest absolute Gasteiger partial charge is 0.375 e. The van der Waals surface area contributed by atoms with E-state index in [1.54, 1.807) is 13.8 Å². The quantitative estimate of drug-likeness (QED) is 0.824. The first-order valence-corrected chi connectivity index (χ1v) is 8.23. The standard InChI is InChI=1S/C14H17ClF3NO2S/c1-13(2,22(19)20)5-9(14(18)6-21-7-14)8-3-12(17)10(15)4-11(8)16/h3-4,9H,5-7,19H2,1-2H3/t9-,22?/m0/s1. The number of hydrogen-bond acceptors (Lipinski definition) is 2. The summed E-state index contributed by atoms with van der Waals surface area (Å²) in [6.07, 6.45) is -0.0199. The molecule has 2 N–H and O–H groups in total. The van der Waals surface area contributed by atoms with Gasteiger partial charge < -0.3 is 4.74 Å². The third kappa shape index (κ3) is 3.32. The summed E-state index contributed by atoms with van der Waals surface area (Å²) >= 11 is 5.53. The Balaban J connectivity index is 2.46. The van der Waals surface area contributed by atoms with Gasteiger partial charge in [-0.25, -0.2) is 17.4 Å². The maximum absolute atomic E-state index is 14.9. The van der Waals surface area contributed by atoms with Crippen LogP contribution in [0.15, 0.2) is 12.1 Å². The molecule has 124 valence electrons. The van der Waals surface area contributed by atoms with Crippen LogP contribution in [-0.2, 0) is 15.7 Å². The smallest absolute Gasteiger partial charge is 0.164 e. The highest BCUT2D eigenvalue weighted by molar-refractivity contribution is 7.84. The number of ether oxygens (including phenoxy) is 1. The monoisotopic (exact) mass is 355 g/mol. The molecule has 0 bridgehead atoms. The number of benzene rings is 1. The van der Waals surface area contributed by atoms with Crippen LogP contribution >= 0.6 is 11.6 Å². The zero-order chi connectivity index (χ0) is 16.7. The van der Waals surface area contributed by atoms with E-state index >= 15 is 0 Å². The summed E-state index contributed by atoms with van der Waals surface area (Å²) in [7, 11) is -1.75. The fraction of sp³-hybridized carbons (Fsp3) is 0.571. The van der Waals surface area contributed by atoms with E-state index in [-0.39, 0.29) is 30.2 Å². The molecule has 1 aliphatic heterocycles. The van der Waals surface area contributed by atoms with Crippen molar-refractivity contribution in [2.24, 2.45) is 5.14 Å². The summed E-state index contributed by atoms with van der Waals surface area (Å²) in [6, 6.07) is 1.70. The molecule has 0 saturated carbocycles. The van der Waals surface area contributed by atoms with Crippen LogP contribution in [0.1, 0.15) is 31.7 Å². The van der Waals surface area contributed by atoms with Gasteiger partial charge in [0.1, 0.15) is 11.6 Å². The number of hydrogen-bond donors (Lipinski definition) is 1. The summed E-state index contributed by atoms with van der Waals surface area (Å²) < 4.78 is 58.3. The molecule has 1 unspecified atom stereocenters. The van der Waals surface area contributed by atoms with Gasteiger partial charge in [0.05, 0.1) is 34.0 Å². The first-order chi connectivity index (χ1) is 10.1. The normalized spacial score (nSPS) is 20.3. The third-order valence-electron chi connectivity index (χ3n) is 3.96. The average molecular weight is 356 g/mol. The van der Waals surface area contributed by atoms with Crippen molar-refractivity contribution in [3.8, 4) is 0 Å². The lowest BCUT2D eigenvalue weighted by Gasteiger charge is -2.43. The van der Waals surface area contributed by atoms with Crippen molar-refractivity contribution in [1.82, 2.24) is 0 Å². The van der Waals surface area contributed by atoms with Crippen LogP contribution in [0.4, 0.5) is 13.2 Å². The van der Waals surface area contributed by atoms with Crippen LogP contribution in [0.3, 0.4) is 0 Å². The molecule has 0 aromatic heterocycles. The lowest BCUT2D eigenvalue weighted by Crippen LogP contribution is -2.52. The number of nitrogens with two attached hydrogens (primary N) is 1. The van der Waals surface area contributed by atoms with Crippen molar-refractivity contribution in [3.05, 3.63) is 34.4 Å². The van der Waals surface area contributed by atoms with Gasteiger partial charge in [-0.1, -0.05) is 11.6 Å². The predicted octanol–water partition coefficient (Wildman–Crippen LogP) is 3.23. The van der Waals surface area contributed by atoms with Gasteiger partial charge in [-0.3, -0.25) is 5.14 Å². The van der Waals surface area contributed by atoms with Crippen LogP contribution in [0.2, 0.25) is 5.02 Å². The van der Waals surface area contributed by atoms with Gasteiger partial charge in [0.25, 0.3) is 0 Å². The van der Waals surface area contributed by atoms with E-state index in [1.165, 1.54) is 0 Å². The van der Waals surface area contributed by atoms with E-state index in [2.05, 4.69) is 0 Å². The SMILES string of the molecule is CC(C)(C[C@@H](c1cc(F)c(Cl)cc1F)C1(F)COC1)S(N)=O. The Kier molecular flexibility index (Phi) is 4.92. The maximum atomic E-state index is 14.9. The molecule has 0 radical (unpaired) electrons. The molecule has 2 rings (SSSR count). The van der Waals surface area contributed by atoms with Gasteiger partial charge in [-0.2, -0.15) is 0 Å². The van der Waals surface area contributed by atoms with Crippen LogP contribution < -0.4 is 5.14 Å². The van der Waals surface area contributed by atoms with Crippen LogP contribution in [-0.4, -0.2) is 27.8 Å². The van der Waals surface area contributed by atoms with E-state index in [9.17, 15) is 17.4 Å². The molecule has 1 aromatic carbocycles. The Bertz CT molecular complexity index is 608. The molecule has 8 heteroatoms. The molecule has 1 heterocycles. The molecule has 1 aliphatic rings. The van der Waals surface area contributed by atoms with Gasteiger partial charge in [0, 0.05) is 5.92 Å². The van der Waals surface area contributed by atoms with Crippen LogP contribution in [0.5, 0.6) is 0 Å². The van der Waals surface area contributed by atoms with E-state index in [0.717, 1.165) is 12.1 Å². The number of halogens is 4. The lowest BCUT2D eigenvalue weighted by molar-refractivity contribution is -0.146. The molecule has 2 atom stereocenters. The first kappa shape index (κ1) is 17.7. The molecule has 1 aromatic rings.